The number of aryl methyl sites for hydroxylation is 1. The molecule has 92 valence electrons. The zero-order chi connectivity index (χ0) is 13.9. The van der Waals surface area contributed by atoms with E-state index in [0.717, 1.165) is 0 Å². The van der Waals surface area contributed by atoms with E-state index in [9.17, 15) is 0 Å². The summed E-state index contributed by atoms with van der Waals surface area (Å²) in [6.45, 7) is 8.92. The van der Waals surface area contributed by atoms with E-state index in [2.05, 4.69) is 63.6 Å². The fourth-order valence-corrected chi connectivity index (χ4v) is 1.54. The van der Waals surface area contributed by atoms with Crippen LogP contribution in [0.4, 0.5) is 0 Å². The first-order valence-electron chi connectivity index (χ1n) is 5.27. The Kier molecular flexibility index (Phi) is 6.17. The summed E-state index contributed by atoms with van der Waals surface area (Å²) >= 11 is 2.18. The van der Waals surface area contributed by atoms with Gasteiger partial charge in [0.15, 0.2) is 0 Å². The quantitative estimate of drug-likeness (QED) is 0.478. The summed E-state index contributed by atoms with van der Waals surface area (Å²) in [6, 6.07) is 6.66. The van der Waals surface area contributed by atoms with Gasteiger partial charge in [-0.05, 0) is 0 Å². The number of rotatable bonds is 0. The van der Waals surface area contributed by atoms with Crippen LogP contribution < -0.4 is 4.24 Å². The zero-order valence-electron chi connectivity index (χ0n) is 10.9. The Balaban J connectivity index is 0.000000437. The molecule has 0 bridgehead atoms. The van der Waals surface area contributed by atoms with Gasteiger partial charge in [-0.15, -0.1) is 0 Å². The van der Waals surface area contributed by atoms with Crippen molar-refractivity contribution in [3.63, 3.8) is 0 Å². The third-order valence-electron chi connectivity index (χ3n) is 2.20. The second-order valence-electron chi connectivity index (χ2n) is 5.08. The molecule has 17 heavy (non-hydrogen) atoms. The number of benzene rings is 1. The van der Waals surface area contributed by atoms with E-state index in [1.165, 1.54) is 15.4 Å². The summed E-state index contributed by atoms with van der Waals surface area (Å²) in [5.41, 5.74) is 3.09. The van der Waals surface area contributed by atoms with Crippen molar-refractivity contribution in [3.05, 3.63) is 29.3 Å². The average Bonchev–Trinajstić information content (AvgIpc) is 2.04. The van der Waals surface area contributed by atoms with Gasteiger partial charge in [0, 0.05) is 0 Å². The van der Waals surface area contributed by atoms with Crippen LogP contribution in [-0.2, 0) is 9.98 Å². The minimum absolute atomic E-state index is 0.274. The van der Waals surface area contributed by atoms with Crippen LogP contribution in [0.1, 0.15) is 31.9 Å². The van der Waals surface area contributed by atoms with Gasteiger partial charge in [0.05, 0.1) is 0 Å². The maximum absolute atomic E-state index is 8.88. The molecular weight excluding hydrogens is 234 g/mol. The molecule has 1 rings (SSSR count). The summed E-state index contributed by atoms with van der Waals surface area (Å²) in [6.07, 6.45) is 0. The summed E-state index contributed by atoms with van der Waals surface area (Å²) in [5, 5.41) is 0. The minimum atomic E-state index is -4.64. The van der Waals surface area contributed by atoms with Gasteiger partial charge in [-0.25, -0.2) is 4.57 Å². The molecule has 0 saturated heterocycles. The molecule has 0 aromatic heterocycles. The van der Waals surface area contributed by atoms with Crippen LogP contribution in [0.5, 0.6) is 0 Å². The second-order valence-corrected chi connectivity index (χ2v) is 6.11. The standard InChI is InChI=1S/C11H15.Li.H3O4P/c1-9-6-5-7-10(8-9)11(2,3)4;;1-5(2,3)4/h5-6,8H,1-4H3;;(H3,1,2,3,4). The normalized spacial score (nSPS) is 11.8. The molecule has 1 aromatic rings. The third-order valence-corrected chi connectivity index (χ3v) is 2.20. The fraction of sp³-hybridized carbons (Fsp3) is 0.455. The molecule has 1 aromatic carbocycles. The van der Waals surface area contributed by atoms with Crippen molar-refractivity contribution in [2.45, 2.75) is 33.1 Å². The molecule has 4 nitrogen and oxygen atoms in total. The van der Waals surface area contributed by atoms with Gasteiger partial charge in [0.2, 0.25) is 0 Å². The van der Waals surface area contributed by atoms with Gasteiger partial charge < -0.3 is 14.7 Å². The molecule has 0 aliphatic heterocycles. The predicted octanol–water partition coefficient (Wildman–Crippen LogP) is 1.16. The van der Waals surface area contributed by atoms with Crippen molar-refractivity contribution in [1.82, 2.24) is 0 Å². The fourth-order valence-electron chi connectivity index (χ4n) is 1.54. The number of hydrogen-bond donors (Lipinski definition) is 3. The Bertz CT molecular complexity index is 412. The second kappa shape index (κ2) is 6.20. The molecule has 3 N–H and O–H groups in total. The Morgan fingerprint density at radius 3 is 1.88 bits per heavy atom. The maximum atomic E-state index is 8.88. The molecule has 0 aliphatic carbocycles. The Morgan fingerprint density at radius 1 is 1.18 bits per heavy atom. The van der Waals surface area contributed by atoms with Crippen LogP contribution in [0.15, 0.2) is 18.2 Å². The molecule has 0 saturated carbocycles. The SMILES string of the molecule is O=P(O)(O)O.[Li][c]1ccc(C)cc1C(C)(C)C. The van der Waals surface area contributed by atoms with E-state index in [0.29, 0.717) is 0 Å². The van der Waals surface area contributed by atoms with Crippen LogP contribution in [-0.4, -0.2) is 32.4 Å². The Hall–Kier alpha value is -0.0726. The molecule has 0 atom stereocenters. The number of phosphoric acid groups is 1. The molecule has 0 spiro atoms. The van der Waals surface area contributed by atoms with E-state index >= 15 is 0 Å². The predicted molar refractivity (Wildman–Crippen MR) is 69.5 cm³/mol. The molecule has 0 fully saturated rings. The Labute approximate surface area is 112 Å². The van der Waals surface area contributed by atoms with Crippen molar-refractivity contribution in [2.24, 2.45) is 0 Å². The first kappa shape index (κ1) is 16.9. The van der Waals surface area contributed by atoms with Crippen LogP contribution in [0.2, 0.25) is 0 Å². The first-order chi connectivity index (χ1) is 7.41. The van der Waals surface area contributed by atoms with Crippen LogP contribution in [0.3, 0.4) is 0 Å². The van der Waals surface area contributed by atoms with E-state index in [-0.39, 0.29) is 5.41 Å². The zero-order valence-corrected chi connectivity index (χ0v) is 11.8. The molecule has 0 heterocycles. The van der Waals surface area contributed by atoms with Gasteiger partial charge in [-0.2, -0.15) is 0 Å². The third kappa shape index (κ3) is 8.62. The van der Waals surface area contributed by atoms with Crippen LogP contribution in [0, 0.1) is 6.92 Å². The van der Waals surface area contributed by atoms with E-state index in [1.807, 2.05) is 0 Å². The molecule has 0 amide bonds. The van der Waals surface area contributed by atoms with E-state index < -0.39 is 7.82 Å². The van der Waals surface area contributed by atoms with Crippen LogP contribution >= 0.6 is 7.82 Å². The van der Waals surface area contributed by atoms with Crippen molar-refractivity contribution >= 4 is 29.8 Å². The first-order valence-corrected chi connectivity index (χ1v) is 6.84. The molecular formula is C11H18LiO4P. The van der Waals surface area contributed by atoms with E-state index in [1.54, 1.807) is 0 Å². The topological polar surface area (TPSA) is 77.8 Å². The van der Waals surface area contributed by atoms with Gasteiger partial charge in [-0.1, -0.05) is 0 Å². The van der Waals surface area contributed by atoms with Crippen molar-refractivity contribution in [3.8, 4) is 0 Å². The summed E-state index contributed by atoms with van der Waals surface area (Å²) in [7, 11) is -4.64. The molecule has 6 heteroatoms. The average molecular weight is 252 g/mol. The summed E-state index contributed by atoms with van der Waals surface area (Å²) in [4.78, 5) is 21.6. The Morgan fingerprint density at radius 2 is 1.59 bits per heavy atom. The monoisotopic (exact) mass is 252 g/mol. The number of hydrogen-bond acceptors (Lipinski definition) is 1. The van der Waals surface area contributed by atoms with Crippen LogP contribution in [0.25, 0.3) is 0 Å². The molecule has 0 unspecified atom stereocenters. The molecule has 0 radical (unpaired) electrons. The van der Waals surface area contributed by atoms with Gasteiger partial charge in [0.25, 0.3) is 0 Å². The van der Waals surface area contributed by atoms with Gasteiger partial charge >= 0.3 is 92.2 Å². The van der Waals surface area contributed by atoms with Gasteiger partial charge in [-0.3, -0.25) is 0 Å². The van der Waals surface area contributed by atoms with Crippen molar-refractivity contribution in [2.75, 3.05) is 0 Å². The van der Waals surface area contributed by atoms with Gasteiger partial charge in [0.1, 0.15) is 0 Å². The van der Waals surface area contributed by atoms with Crippen molar-refractivity contribution in [1.29, 1.82) is 0 Å². The van der Waals surface area contributed by atoms with E-state index in [4.69, 9.17) is 19.2 Å². The summed E-state index contributed by atoms with van der Waals surface area (Å²) in [5.74, 6) is 0. The molecule has 0 aliphatic rings. The van der Waals surface area contributed by atoms with Crippen molar-refractivity contribution < 1.29 is 19.2 Å². The summed E-state index contributed by atoms with van der Waals surface area (Å²) < 4.78 is 10.3.